The lowest BCUT2D eigenvalue weighted by molar-refractivity contribution is 0.103. The maximum Gasteiger partial charge on any atom is 0.267 e. The zero-order chi connectivity index (χ0) is 16.0. The molecule has 0 atom stereocenters. The fourth-order valence-electron chi connectivity index (χ4n) is 2.73. The molecule has 0 aliphatic rings. The number of rotatable bonds is 2. The van der Waals surface area contributed by atoms with Crippen LogP contribution in [0.3, 0.4) is 0 Å². The summed E-state index contributed by atoms with van der Waals surface area (Å²) in [7, 11) is 0. The number of nitrogens with one attached hydrogen (secondary N) is 1. The number of aromatic nitrogens is 1. The van der Waals surface area contributed by atoms with E-state index in [0.29, 0.717) is 4.88 Å². The van der Waals surface area contributed by atoms with Gasteiger partial charge in [0.05, 0.1) is 10.7 Å². The molecule has 0 saturated carbocycles. The van der Waals surface area contributed by atoms with Gasteiger partial charge >= 0.3 is 0 Å². The van der Waals surface area contributed by atoms with Gasteiger partial charge in [0, 0.05) is 25.9 Å². The van der Waals surface area contributed by atoms with Gasteiger partial charge in [-0.15, -0.1) is 22.7 Å². The van der Waals surface area contributed by atoms with Crippen molar-refractivity contribution in [2.24, 2.45) is 0 Å². The van der Waals surface area contributed by atoms with Gasteiger partial charge in [0.15, 0.2) is 0 Å². The fourth-order valence-corrected chi connectivity index (χ4v) is 4.64. The second-order valence-electron chi connectivity index (χ2n) is 5.41. The normalized spacial score (nSPS) is 11.2. The van der Waals surface area contributed by atoms with Gasteiger partial charge < -0.3 is 5.32 Å². The lowest BCUT2D eigenvalue weighted by atomic mass is 10.1. The highest BCUT2D eigenvalue weighted by atomic mass is 32.1. The summed E-state index contributed by atoms with van der Waals surface area (Å²) < 4.78 is 2.49. The van der Waals surface area contributed by atoms with Crippen LogP contribution in [0.2, 0.25) is 0 Å². The monoisotopic (exact) mass is 338 g/mol. The van der Waals surface area contributed by atoms with Gasteiger partial charge in [-0.3, -0.25) is 4.79 Å². The first-order valence-corrected chi connectivity index (χ1v) is 8.92. The molecular formula is C18H14N2OS2. The first-order valence-electron chi connectivity index (χ1n) is 7.28. The molecule has 1 amide bonds. The Morgan fingerprint density at radius 1 is 1.00 bits per heavy atom. The number of hydrogen-bond donors (Lipinski definition) is 1. The zero-order valence-corrected chi connectivity index (χ0v) is 14.3. The van der Waals surface area contributed by atoms with Gasteiger partial charge in [0.2, 0.25) is 0 Å². The third-order valence-electron chi connectivity index (χ3n) is 3.74. The number of fused-ring (bicyclic) bond motifs is 3. The minimum Gasteiger partial charge on any atom is -0.321 e. The summed E-state index contributed by atoms with van der Waals surface area (Å²) in [5.41, 5.74) is 1.60. The van der Waals surface area contributed by atoms with E-state index in [4.69, 9.17) is 0 Å². The van der Waals surface area contributed by atoms with E-state index in [1.165, 1.54) is 31.5 Å². The van der Waals surface area contributed by atoms with Crippen LogP contribution >= 0.6 is 22.7 Å². The molecule has 0 spiro atoms. The number of aryl methyl sites for hydroxylation is 2. The number of anilines is 1. The van der Waals surface area contributed by atoms with E-state index in [1.807, 2.05) is 26.0 Å². The molecule has 0 saturated heterocycles. The number of amides is 1. The van der Waals surface area contributed by atoms with E-state index in [9.17, 15) is 4.79 Å². The lowest BCUT2D eigenvalue weighted by Gasteiger charge is -2.04. The second kappa shape index (κ2) is 5.44. The Balaban J connectivity index is 1.73. The highest BCUT2D eigenvalue weighted by Crippen LogP contribution is 2.35. The Hall–Kier alpha value is -2.24. The molecule has 0 aliphatic carbocycles. The van der Waals surface area contributed by atoms with E-state index in [0.717, 1.165) is 16.4 Å². The summed E-state index contributed by atoms with van der Waals surface area (Å²) in [5.74, 6) is -0.0908. The molecule has 0 bridgehead atoms. The van der Waals surface area contributed by atoms with Gasteiger partial charge in [-0.1, -0.05) is 18.2 Å². The van der Waals surface area contributed by atoms with Crippen LogP contribution in [0.5, 0.6) is 0 Å². The third-order valence-corrected chi connectivity index (χ3v) is 5.97. The van der Waals surface area contributed by atoms with Crippen molar-refractivity contribution in [3.63, 3.8) is 0 Å². The smallest absolute Gasteiger partial charge is 0.267 e. The summed E-state index contributed by atoms with van der Waals surface area (Å²) in [6, 6.07) is 14.4. The van der Waals surface area contributed by atoms with Crippen molar-refractivity contribution in [1.82, 2.24) is 4.98 Å². The van der Waals surface area contributed by atoms with Crippen LogP contribution in [0.4, 0.5) is 5.69 Å². The van der Waals surface area contributed by atoms with Crippen LogP contribution in [0.15, 0.2) is 42.5 Å². The maximum absolute atomic E-state index is 12.4. The molecule has 2 aromatic heterocycles. The van der Waals surface area contributed by atoms with Crippen molar-refractivity contribution in [3.8, 4) is 0 Å². The number of hydrogen-bond acceptors (Lipinski definition) is 4. The standard InChI is InChI=1S/C18H14N2OS2/c1-10-17(22-11(2)19-10)18(21)20-12-7-8-16-14(9-12)13-5-3-4-6-15(13)23-16/h3-9H,1-2H3,(H,20,21). The third kappa shape index (κ3) is 2.52. The van der Waals surface area contributed by atoms with Crippen molar-refractivity contribution in [2.45, 2.75) is 13.8 Å². The second-order valence-corrected chi connectivity index (χ2v) is 7.70. The zero-order valence-electron chi connectivity index (χ0n) is 12.7. The Morgan fingerprint density at radius 3 is 2.57 bits per heavy atom. The molecular weight excluding hydrogens is 324 g/mol. The largest absolute Gasteiger partial charge is 0.321 e. The van der Waals surface area contributed by atoms with Crippen LogP contribution in [-0.2, 0) is 0 Å². The van der Waals surface area contributed by atoms with Crippen LogP contribution in [0, 0.1) is 13.8 Å². The molecule has 3 nitrogen and oxygen atoms in total. The van der Waals surface area contributed by atoms with E-state index in [-0.39, 0.29) is 5.91 Å². The van der Waals surface area contributed by atoms with Crippen LogP contribution in [0.25, 0.3) is 20.2 Å². The van der Waals surface area contributed by atoms with E-state index >= 15 is 0 Å². The van der Waals surface area contributed by atoms with Crippen molar-refractivity contribution < 1.29 is 4.79 Å². The molecule has 1 N–H and O–H groups in total. The highest BCUT2D eigenvalue weighted by Gasteiger charge is 2.14. The van der Waals surface area contributed by atoms with Gasteiger partial charge in [0.25, 0.3) is 5.91 Å². The lowest BCUT2D eigenvalue weighted by Crippen LogP contribution is -2.11. The molecule has 2 heterocycles. The first-order chi connectivity index (χ1) is 11.1. The maximum atomic E-state index is 12.4. The van der Waals surface area contributed by atoms with Gasteiger partial charge in [0.1, 0.15) is 4.88 Å². The Morgan fingerprint density at radius 2 is 1.78 bits per heavy atom. The predicted octanol–water partition coefficient (Wildman–Crippen LogP) is 5.38. The summed E-state index contributed by atoms with van der Waals surface area (Å²) in [4.78, 5) is 17.4. The summed E-state index contributed by atoms with van der Waals surface area (Å²) in [6.07, 6.45) is 0. The average Bonchev–Trinajstić information content (AvgIpc) is 3.06. The molecule has 4 rings (SSSR count). The van der Waals surface area contributed by atoms with Gasteiger partial charge in [-0.05, 0) is 38.1 Å². The van der Waals surface area contributed by atoms with Crippen molar-refractivity contribution in [2.75, 3.05) is 5.32 Å². The van der Waals surface area contributed by atoms with Crippen molar-refractivity contribution in [3.05, 3.63) is 58.0 Å². The summed E-state index contributed by atoms with van der Waals surface area (Å²) >= 11 is 3.20. The molecule has 0 aliphatic heterocycles. The van der Waals surface area contributed by atoms with E-state index in [1.54, 1.807) is 11.3 Å². The first kappa shape index (κ1) is 14.4. The quantitative estimate of drug-likeness (QED) is 0.533. The molecule has 0 unspecified atom stereocenters. The number of nitrogens with zero attached hydrogens (tertiary/aromatic N) is 1. The number of benzene rings is 2. The predicted molar refractivity (Wildman–Crippen MR) is 98.9 cm³/mol. The molecule has 0 radical (unpaired) electrons. The Kier molecular flexibility index (Phi) is 3.39. The van der Waals surface area contributed by atoms with Crippen molar-refractivity contribution >= 4 is 54.4 Å². The topological polar surface area (TPSA) is 42.0 Å². The fraction of sp³-hybridized carbons (Fsp3) is 0.111. The Labute approximate surface area is 141 Å². The molecule has 5 heteroatoms. The number of thiazole rings is 1. The molecule has 23 heavy (non-hydrogen) atoms. The molecule has 114 valence electrons. The highest BCUT2D eigenvalue weighted by molar-refractivity contribution is 7.25. The summed E-state index contributed by atoms with van der Waals surface area (Å²) in [5, 5.41) is 6.32. The van der Waals surface area contributed by atoms with Crippen LogP contribution < -0.4 is 5.32 Å². The van der Waals surface area contributed by atoms with E-state index in [2.05, 4.69) is 40.6 Å². The minimum absolute atomic E-state index is 0.0908. The van der Waals surface area contributed by atoms with Gasteiger partial charge in [-0.2, -0.15) is 0 Å². The summed E-state index contributed by atoms with van der Waals surface area (Å²) in [6.45, 7) is 3.78. The van der Waals surface area contributed by atoms with Gasteiger partial charge in [-0.25, -0.2) is 4.98 Å². The molecule has 0 fully saturated rings. The SMILES string of the molecule is Cc1nc(C)c(C(=O)Nc2ccc3sc4ccccc4c3c2)s1. The minimum atomic E-state index is -0.0908. The Bertz CT molecular complexity index is 1050. The van der Waals surface area contributed by atoms with Crippen LogP contribution in [-0.4, -0.2) is 10.9 Å². The van der Waals surface area contributed by atoms with Crippen LogP contribution in [0.1, 0.15) is 20.4 Å². The number of carbonyl (C=O) groups is 1. The number of thiophene rings is 1. The van der Waals surface area contributed by atoms with E-state index < -0.39 is 0 Å². The molecule has 4 aromatic rings. The molecule has 2 aromatic carbocycles. The van der Waals surface area contributed by atoms with Crippen molar-refractivity contribution in [1.29, 1.82) is 0 Å². The average molecular weight is 338 g/mol. The number of carbonyl (C=O) groups excluding carboxylic acids is 1.